The van der Waals surface area contributed by atoms with E-state index in [0.29, 0.717) is 23.2 Å². The molecule has 0 fully saturated rings. The number of aromatic hydroxyl groups is 1. The number of nitrogens with zero attached hydrogens (tertiary/aromatic N) is 1. The van der Waals surface area contributed by atoms with Gasteiger partial charge in [0.05, 0.1) is 0 Å². The normalized spacial score (nSPS) is 13.9. The van der Waals surface area contributed by atoms with Gasteiger partial charge in [0, 0.05) is 23.6 Å². The molecule has 0 heterocycles. The highest BCUT2D eigenvalue weighted by molar-refractivity contribution is 5.75. The molecule has 0 aliphatic heterocycles. The van der Waals surface area contributed by atoms with Crippen molar-refractivity contribution in [3.63, 3.8) is 0 Å². The van der Waals surface area contributed by atoms with Gasteiger partial charge in [-0.1, -0.05) is 36.4 Å². The van der Waals surface area contributed by atoms with E-state index in [1.807, 2.05) is 30.3 Å². The first kappa shape index (κ1) is 21.9. The number of rotatable bonds is 9. The molecule has 2 atom stereocenters. The zero-order valence-corrected chi connectivity index (χ0v) is 17.2. The molecule has 0 amide bonds. The Balaban J connectivity index is 2.42. The lowest BCUT2D eigenvalue weighted by atomic mass is 9.86. The first-order valence-corrected chi connectivity index (χ1v) is 9.84. The second-order valence-electron chi connectivity index (χ2n) is 7.81. The van der Waals surface area contributed by atoms with E-state index < -0.39 is 12.0 Å². The Hall–Kier alpha value is -2.37. The van der Waals surface area contributed by atoms with E-state index in [-0.39, 0.29) is 11.7 Å². The number of aliphatic carboxylic acids is 1. The molecule has 0 aliphatic carbocycles. The molecule has 28 heavy (non-hydrogen) atoms. The fourth-order valence-corrected chi connectivity index (χ4v) is 3.77. The van der Waals surface area contributed by atoms with E-state index in [4.69, 9.17) is 5.73 Å². The van der Waals surface area contributed by atoms with Crippen molar-refractivity contribution in [2.24, 2.45) is 5.73 Å². The highest BCUT2D eigenvalue weighted by Gasteiger charge is 2.23. The van der Waals surface area contributed by atoms with Crippen molar-refractivity contribution in [3.05, 3.63) is 65.2 Å². The number of hydrogen-bond acceptors (Lipinski definition) is 4. The molecule has 4 N–H and O–H groups in total. The second-order valence-corrected chi connectivity index (χ2v) is 7.81. The second kappa shape index (κ2) is 9.71. The van der Waals surface area contributed by atoms with E-state index in [1.165, 1.54) is 0 Å². The first-order chi connectivity index (χ1) is 13.2. The van der Waals surface area contributed by atoms with Crippen LogP contribution in [0.25, 0.3) is 0 Å². The van der Waals surface area contributed by atoms with Crippen LogP contribution in [0, 0.1) is 0 Å². The van der Waals surface area contributed by atoms with Crippen LogP contribution in [0.5, 0.6) is 5.75 Å². The van der Waals surface area contributed by atoms with Gasteiger partial charge in [0.2, 0.25) is 0 Å². The topological polar surface area (TPSA) is 86.8 Å². The van der Waals surface area contributed by atoms with Crippen molar-refractivity contribution in [1.82, 2.24) is 4.90 Å². The summed E-state index contributed by atoms with van der Waals surface area (Å²) in [4.78, 5) is 13.7. The Morgan fingerprint density at radius 2 is 1.61 bits per heavy atom. The average Bonchev–Trinajstić information content (AvgIpc) is 2.65. The number of benzene rings is 2. The van der Waals surface area contributed by atoms with Crippen LogP contribution in [0.3, 0.4) is 0 Å². The van der Waals surface area contributed by atoms with Crippen molar-refractivity contribution < 1.29 is 15.0 Å². The maximum Gasteiger partial charge on any atom is 0.325 e. The zero-order chi connectivity index (χ0) is 20.8. The predicted molar refractivity (Wildman–Crippen MR) is 113 cm³/mol. The fourth-order valence-electron chi connectivity index (χ4n) is 3.77. The molecule has 0 aromatic heterocycles. The summed E-state index contributed by atoms with van der Waals surface area (Å²) in [6.07, 6.45) is 0.805. The van der Waals surface area contributed by atoms with E-state index in [0.717, 1.165) is 18.5 Å². The third-order valence-corrected chi connectivity index (χ3v) is 5.26. The monoisotopic (exact) mass is 384 g/mol. The molecule has 152 valence electrons. The quantitative estimate of drug-likeness (QED) is 0.605. The van der Waals surface area contributed by atoms with Gasteiger partial charge in [0.1, 0.15) is 11.8 Å². The smallest absolute Gasteiger partial charge is 0.325 e. The molecular formula is C23H32N2O3. The third kappa shape index (κ3) is 5.33. The molecule has 0 saturated carbocycles. The van der Waals surface area contributed by atoms with Crippen LogP contribution in [0.2, 0.25) is 0 Å². The van der Waals surface area contributed by atoms with Crippen LogP contribution in [-0.4, -0.2) is 39.7 Å². The van der Waals surface area contributed by atoms with Crippen LogP contribution in [0.15, 0.2) is 48.5 Å². The summed E-state index contributed by atoms with van der Waals surface area (Å²) in [5.74, 6) is -0.975. The number of hydrogen-bond donors (Lipinski definition) is 3. The number of carboxylic acid groups (broad SMARTS) is 1. The molecular weight excluding hydrogens is 352 g/mol. The van der Waals surface area contributed by atoms with Gasteiger partial charge in [-0.2, -0.15) is 0 Å². The summed E-state index contributed by atoms with van der Waals surface area (Å²) in [5.41, 5.74) is 8.10. The first-order valence-electron chi connectivity index (χ1n) is 9.84. The average molecular weight is 385 g/mol. The summed E-state index contributed by atoms with van der Waals surface area (Å²) in [5, 5.41) is 19.8. The Kier molecular flexibility index (Phi) is 7.61. The molecule has 0 radical (unpaired) electrons. The molecule has 5 nitrogen and oxygen atoms in total. The maximum absolute atomic E-state index is 11.3. The van der Waals surface area contributed by atoms with Crippen LogP contribution >= 0.6 is 0 Å². The molecule has 2 rings (SSSR count). The lowest BCUT2D eigenvalue weighted by Crippen LogP contribution is -2.38. The molecule has 2 aromatic rings. The van der Waals surface area contributed by atoms with Gasteiger partial charge in [0.15, 0.2) is 0 Å². The fraction of sp³-hybridized carbons (Fsp3) is 0.435. The summed E-state index contributed by atoms with van der Waals surface area (Å²) in [6.45, 7) is 9.59. The third-order valence-electron chi connectivity index (χ3n) is 5.26. The van der Waals surface area contributed by atoms with Crippen LogP contribution in [0.4, 0.5) is 0 Å². The van der Waals surface area contributed by atoms with Gasteiger partial charge in [0.25, 0.3) is 0 Å². The molecule has 2 aromatic carbocycles. The molecule has 0 spiro atoms. The molecule has 0 bridgehead atoms. The van der Waals surface area contributed by atoms with Crippen LogP contribution in [-0.2, 0) is 4.79 Å². The van der Waals surface area contributed by atoms with Gasteiger partial charge in [-0.25, -0.2) is 0 Å². The minimum atomic E-state index is -1.11. The lowest BCUT2D eigenvalue weighted by Gasteiger charge is -2.32. The minimum absolute atomic E-state index is 0.0536. The van der Waals surface area contributed by atoms with Crippen LogP contribution in [0.1, 0.15) is 62.8 Å². The van der Waals surface area contributed by atoms with Gasteiger partial charge in [-0.3, -0.25) is 9.69 Å². The van der Waals surface area contributed by atoms with Gasteiger partial charge >= 0.3 is 5.97 Å². The number of carbonyl (C=O) groups is 1. The molecule has 0 saturated heterocycles. The molecule has 5 heteroatoms. The van der Waals surface area contributed by atoms with Crippen molar-refractivity contribution in [3.8, 4) is 5.75 Å². The van der Waals surface area contributed by atoms with Crippen molar-refractivity contribution in [2.45, 2.75) is 58.2 Å². The SMILES string of the molecule is CC(C)N(CC[C@@H](c1ccccc1)c1cc(C(N)C(=O)O)ccc1O)C(C)C. The van der Waals surface area contributed by atoms with Gasteiger partial charge < -0.3 is 15.9 Å². The maximum atomic E-state index is 11.3. The summed E-state index contributed by atoms with van der Waals surface area (Å²) < 4.78 is 0. The van der Waals surface area contributed by atoms with Crippen molar-refractivity contribution >= 4 is 5.97 Å². The van der Waals surface area contributed by atoms with Gasteiger partial charge in [-0.15, -0.1) is 0 Å². The van der Waals surface area contributed by atoms with E-state index in [2.05, 4.69) is 32.6 Å². The number of phenols is 1. The number of phenolic OH excluding ortho intramolecular Hbond substituents is 1. The lowest BCUT2D eigenvalue weighted by molar-refractivity contribution is -0.138. The summed E-state index contributed by atoms with van der Waals surface area (Å²) in [7, 11) is 0. The Labute approximate surface area is 167 Å². The van der Waals surface area contributed by atoms with E-state index in [1.54, 1.807) is 18.2 Å². The predicted octanol–water partition coefficient (Wildman–Crippen LogP) is 4.12. The largest absolute Gasteiger partial charge is 0.508 e. The Bertz CT molecular complexity index is 767. The zero-order valence-electron chi connectivity index (χ0n) is 17.2. The van der Waals surface area contributed by atoms with Crippen molar-refractivity contribution in [1.29, 1.82) is 0 Å². The van der Waals surface area contributed by atoms with E-state index in [9.17, 15) is 15.0 Å². The summed E-state index contributed by atoms with van der Waals surface area (Å²) >= 11 is 0. The highest BCUT2D eigenvalue weighted by Crippen LogP contribution is 2.36. The summed E-state index contributed by atoms with van der Waals surface area (Å²) in [6, 6.07) is 14.6. The molecule has 1 unspecified atom stereocenters. The van der Waals surface area contributed by atoms with Gasteiger partial charge in [-0.05, 0) is 63.9 Å². The Morgan fingerprint density at radius 1 is 1.00 bits per heavy atom. The minimum Gasteiger partial charge on any atom is -0.508 e. The standard InChI is InChI=1S/C23H32N2O3/c1-15(2)25(16(3)4)13-12-19(17-8-6-5-7-9-17)20-14-18(10-11-21(20)26)22(24)23(27)28/h5-11,14-16,19,22,26H,12-13,24H2,1-4H3,(H,27,28)/t19-,22?/m0/s1. The Morgan fingerprint density at radius 3 is 2.14 bits per heavy atom. The number of nitrogens with two attached hydrogens (primary N) is 1. The highest BCUT2D eigenvalue weighted by atomic mass is 16.4. The van der Waals surface area contributed by atoms with Crippen molar-refractivity contribution in [2.75, 3.05) is 6.54 Å². The number of carboxylic acids is 1. The molecule has 0 aliphatic rings. The van der Waals surface area contributed by atoms with E-state index >= 15 is 0 Å². The van der Waals surface area contributed by atoms with Crippen LogP contribution < -0.4 is 5.73 Å².